The van der Waals surface area contributed by atoms with Crippen LogP contribution in [0.4, 0.5) is 4.79 Å². The Hall–Kier alpha value is -3.42. The Morgan fingerprint density at radius 3 is 2.69 bits per heavy atom. The van der Waals surface area contributed by atoms with Gasteiger partial charge in [0.2, 0.25) is 5.88 Å². The molecule has 1 aliphatic rings. The molecule has 8 nitrogen and oxygen atoms in total. The molecule has 0 radical (unpaired) electrons. The Labute approximate surface area is 149 Å². The van der Waals surface area contributed by atoms with Gasteiger partial charge in [0.25, 0.3) is 11.8 Å². The quantitative estimate of drug-likeness (QED) is 0.844. The molecule has 0 spiro atoms. The zero-order valence-corrected chi connectivity index (χ0v) is 14.0. The smallest absolute Gasteiger partial charge is 0.417 e. The fraction of sp³-hybridized carbons (Fsp3) is 0.222. The van der Waals surface area contributed by atoms with Gasteiger partial charge >= 0.3 is 6.09 Å². The van der Waals surface area contributed by atoms with Crippen molar-refractivity contribution in [1.82, 2.24) is 15.2 Å². The van der Waals surface area contributed by atoms with Crippen LogP contribution < -0.4 is 10.1 Å². The van der Waals surface area contributed by atoms with Crippen molar-refractivity contribution in [2.45, 2.75) is 6.04 Å². The van der Waals surface area contributed by atoms with Crippen LogP contribution in [-0.4, -0.2) is 48.1 Å². The molecule has 2 heterocycles. The molecule has 26 heavy (non-hydrogen) atoms. The van der Waals surface area contributed by atoms with Crippen LogP contribution in [0, 0.1) is 0 Å². The second-order valence-electron chi connectivity index (χ2n) is 5.56. The molecule has 1 N–H and O–H groups in total. The summed E-state index contributed by atoms with van der Waals surface area (Å²) in [6, 6.07) is 11.7. The van der Waals surface area contributed by atoms with Crippen molar-refractivity contribution in [1.29, 1.82) is 0 Å². The first-order valence-corrected chi connectivity index (χ1v) is 7.92. The Morgan fingerprint density at radius 1 is 1.27 bits per heavy atom. The number of pyridine rings is 1. The lowest BCUT2D eigenvalue weighted by molar-refractivity contribution is -0.126. The molecule has 1 saturated heterocycles. The molecule has 134 valence electrons. The maximum absolute atomic E-state index is 12.7. The van der Waals surface area contributed by atoms with E-state index in [2.05, 4.69) is 10.3 Å². The van der Waals surface area contributed by atoms with Crippen LogP contribution >= 0.6 is 0 Å². The van der Waals surface area contributed by atoms with Gasteiger partial charge in [-0.1, -0.05) is 30.3 Å². The van der Waals surface area contributed by atoms with E-state index in [-0.39, 0.29) is 24.6 Å². The lowest BCUT2D eigenvalue weighted by atomic mass is 10.1. The minimum Gasteiger partial charge on any atom is -0.480 e. The van der Waals surface area contributed by atoms with E-state index in [1.807, 2.05) is 18.2 Å². The number of nitrogens with one attached hydrogen (secondary N) is 1. The molecule has 2 aromatic rings. The van der Waals surface area contributed by atoms with Crippen LogP contribution in [0.1, 0.15) is 22.0 Å². The maximum Gasteiger partial charge on any atom is 0.417 e. The van der Waals surface area contributed by atoms with Gasteiger partial charge in [0.15, 0.2) is 6.61 Å². The molecule has 0 bridgehead atoms. The van der Waals surface area contributed by atoms with Gasteiger partial charge in [-0.3, -0.25) is 9.59 Å². The van der Waals surface area contributed by atoms with Crippen LogP contribution in [0.3, 0.4) is 0 Å². The number of benzene rings is 1. The third-order valence-electron chi connectivity index (χ3n) is 3.92. The summed E-state index contributed by atoms with van der Waals surface area (Å²) >= 11 is 0. The number of amides is 3. The number of ether oxygens (including phenoxy) is 2. The van der Waals surface area contributed by atoms with Crippen LogP contribution in [0.5, 0.6) is 5.88 Å². The first-order valence-electron chi connectivity index (χ1n) is 7.92. The van der Waals surface area contributed by atoms with Crippen molar-refractivity contribution in [2.24, 2.45) is 0 Å². The monoisotopic (exact) mass is 355 g/mol. The first kappa shape index (κ1) is 17.4. The van der Waals surface area contributed by atoms with Crippen molar-refractivity contribution >= 4 is 17.9 Å². The van der Waals surface area contributed by atoms with Gasteiger partial charge in [0.1, 0.15) is 5.56 Å². The molecule has 0 aliphatic carbocycles. The number of hydrogen-bond acceptors (Lipinski definition) is 6. The van der Waals surface area contributed by atoms with E-state index in [0.29, 0.717) is 0 Å². The molecule has 1 aromatic heterocycles. The van der Waals surface area contributed by atoms with Crippen molar-refractivity contribution in [3.05, 3.63) is 59.8 Å². The summed E-state index contributed by atoms with van der Waals surface area (Å²) < 4.78 is 9.85. The highest BCUT2D eigenvalue weighted by Crippen LogP contribution is 2.20. The number of cyclic esters (lactones) is 1. The van der Waals surface area contributed by atoms with Gasteiger partial charge < -0.3 is 14.8 Å². The molecule has 3 amide bonds. The minimum atomic E-state index is -0.718. The summed E-state index contributed by atoms with van der Waals surface area (Å²) in [5.74, 6) is -0.679. The van der Waals surface area contributed by atoms with Crippen molar-refractivity contribution in [3.8, 4) is 5.88 Å². The average molecular weight is 355 g/mol. The Bertz CT molecular complexity index is 809. The highest BCUT2D eigenvalue weighted by molar-refractivity contribution is 5.98. The molecule has 1 aromatic carbocycles. The summed E-state index contributed by atoms with van der Waals surface area (Å²) in [6.45, 7) is -0.319. The van der Waals surface area contributed by atoms with Gasteiger partial charge in [-0.05, 0) is 17.7 Å². The largest absolute Gasteiger partial charge is 0.480 e. The van der Waals surface area contributed by atoms with Crippen molar-refractivity contribution < 1.29 is 23.9 Å². The molecular weight excluding hydrogens is 338 g/mol. The zero-order chi connectivity index (χ0) is 18.5. The SMILES string of the molecule is COc1ncccc1C(=O)NC(CN1C(=O)COC1=O)c1ccccc1. The van der Waals surface area contributed by atoms with Crippen LogP contribution in [0.2, 0.25) is 0 Å². The van der Waals surface area contributed by atoms with Crippen molar-refractivity contribution in [3.63, 3.8) is 0 Å². The Morgan fingerprint density at radius 2 is 2.04 bits per heavy atom. The van der Waals surface area contributed by atoms with E-state index >= 15 is 0 Å². The molecule has 1 unspecified atom stereocenters. The van der Waals surface area contributed by atoms with E-state index in [1.165, 1.54) is 13.3 Å². The Kier molecular flexibility index (Phi) is 5.12. The van der Waals surface area contributed by atoms with Gasteiger partial charge in [-0.15, -0.1) is 0 Å². The number of aromatic nitrogens is 1. The highest BCUT2D eigenvalue weighted by atomic mass is 16.6. The third-order valence-corrected chi connectivity index (χ3v) is 3.92. The summed E-state index contributed by atoms with van der Waals surface area (Å²) in [6.07, 6.45) is 0.799. The number of rotatable bonds is 6. The number of hydrogen-bond donors (Lipinski definition) is 1. The second kappa shape index (κ2) is 7.64. The van der Waals surface area contributed by atoms with E-state index in [4.69, 9.17) is 9.47 Å². The number of imide groups is 1. The van der Waals surface area contributed by atoms with E-state index in [1.54, 1.807) is 24.3 Å². The maximum atomic E-state index is 12.7. The lowest BCUT2D eigenvalue weighted by Gasteiger charge is -2.23. The van der Waals surface area contributed by atoms with Crippen LogP contribution in [0.15, 0.2) is 48.7 Å². The average Bonchev–Trinajstić information content (AvgIpc) is 3.00. The molecule has 3 rings (SSSR count). The molecular formula is C18H17N3O5. The number of carbonyl (C=O) groups excluding carboxylic acids is 3. The molecule has 0 saturated carbocycles. The summed E-state index contributed by atoms with van der Waals surface area (Å²) in [5.41, 5.74) is 1.00. The zero-order valence-electron chi connectivity index (χ0n) is 14.0. The number of carbonyl (C=O) groups is 3. The fourth-order valence-electron chi connectivity index (χ4n) is 2.62. The highest BCUT2D eigenvalue weighted by Gasteiger charge is 2.34. The predicted octanol–water partition coefficient (Wildman–Crippen LogP) is 1.54. The van der Waals surface area contributed by atoms with Gasteiger partial charge in [-0.2, -0.15) is 0 Å². The van der Waals surface area contributed by atoms with E-state index in [0.717, 1.165) is 10.5 Å². The standard InChI is InChI=1S/C18H17N3O5/c1-25-17-13(8-5-9-19-17)16(23)20-14(12-6-3-2-4-7-12)10-21-15(22)11-26-18(21)24/h2-9,14H,10-11H2,1H3,(H,20,23). The summed E-state index contributed by atoms with van der Waals surface area (Å²) in [5, 5.41) is 2.83. The molecule has 1 aliphatic heterocycles. The number of nitrogens with zero attached hydrogens (tertiary/aromatic N) is 2. The van der Waals surface area contributed by atoms with Gasteiger partial charge in [0.05, 0.1) is 19.7 Å². The Balaban J connectivity index is 1.85. The molecule has 1 atom stereocenters. The predicted molar refractivity (Wildman–Crippen MR) is 90.5 cm³/mol. The summed E-state index contributed by atoms with van der Waals surface area (Å²) in [7, 11) is 1.42. The van der Waals surface area contributed by atoms with E-state index in [9.17, 15) is 14.4 Å². The second-order valence-corrected chi connectivity index (χ2v) is 5.56. The minimum absolute atomic E-state index is 0.0317. The fourth-order valence-corrected chi connectivity index (χ4v) is 2.62. The molecule has 1 fully saturated rings. The summed E-state index contributed by atoms with van der Waals surface area (Å²) in [4.78, 5) is 41.3. The van der Waals surface area contributed by atoms with Crippen LogP contribution in [-0.2, 0) is 9.53 Å². The third kappa shape index (κ3) is 3.64. The van der Waals surface area contributed by atoms with Gasteiger partial charge in [0, 0.05) is 6.20 Å². The van der Waals surface area contributed by atoms with E-state index < -0.39 is 23.9 Å². The topological polar surface area (TPSA) is 97.8 Å². The number of methoxy groups -OCH3 is 1. The normalized spacial score (nSPS) is 14.7. The lowest BCUT2D eigenvalue weighted by Crippen LogP contribution is -2.40. The van der Waals surface area contributed by atoms with Crippen LogP contribution in [0.25, 0.3) is 0 Å². The van der Waals surface area contributed by atoms with Crippen molar-refractivity contribution in [2.75, 3.05) is 20.3 Å². The molecule has 8 heteroatoms. The first-order chi connectivity index (χ1) is 12.6. The van der Waals surface area contributed by atoms with Gasteiger partial charge in [-0.25, -0.2) is 14.7 Å².